The molecule has 0 aliphatic carbocycles. The summed E-state index contributed by atoms with van der Waals surface area (Å²) in [6.45, 7) is 9.94. The first-order valence-electron chi connectivity index (χ1n) is 9.53. The van der Waals surface area contributed by atoms with Crippen molar-refractivity contribution in [2.75, 3.05) is 44.7 Å². The molecule has 0 spiro atoms. The summed E-state index contributed by atoms with van der Waals surface area (Å²) < 4.78 is 0. The van der Waals surface area contributed by atoms with E-state index in [2.05, 4.69) is 35.6 Å². The largest absolute Gasteiger partial charge is 0.357 e. The third-order valence-corrected chi connectivity index (χ3v) is 5.17. The van der Waals surface area contributed by atoms with Crippen LogP contribution in [0.25, 0.3) is 0 Å². The van der Waals surface area contributed by atoms with E-state index < -0.39 is 0 Å². The van der Waals surface area contributed by atoms with Crippen molar-refractivity contribution in [2.24, 2.45) is 4.99 Å². The van der Waals surface area contributed by atoms with E-state index in [-0.39, 0.29) is 24.0 Å². The normalized spacial score (nSPS) is 19.0. The van der Waals surface area contributed by atoms with Crippen LogP contribution in [0.1, 0.15) is 58.8 Å². The van der Waals surface area contributed by atoms with Crippen LogP contribution in [0.15, 0.2) is 4.99 Å². The second-order valence-corrected chi connectivity index (χ2v) is 7.46. The smallest absolute Gasteiger partial charge is 0.191 e. The lowest BCUT2D eigenvalue weighted by Gasteiger charge is -2.33. The molecule has 4 nitrogen and oxygen atoms in total. The van der Waals surface area contributed by atoms with Crippen molar-refractivity contribution >= 4 is 41.7 Å². The Morgan fingerprint density at radius 1 is 1.17 bits per heavy atom. The predicted octanol–water partition coefficient (Wildman–Crippen LogP) is 3.96. The summed E-state index contributed by atoms with van der Waals surface area (Å²) in [6.07, 6.45) is 11.3. The highest BCUT2D eigenvalue weighted by atomic mass is 127. The molecule has 0 radical (unpaired) electrons. The van der Waals surface area contributed by atoms with Crippen LogP contribution in [0.3, 0.4) is 0 Å². The maximum atomic E-state index is 4.70. The van der Waals surface area contributed by atoms with Crippen LogP contribution >= 0.6 is 35.7 Å². The number of thioether (sulfide) groups is 1. The molecule has 0 aromatic carbocycles. The van der Waals surface area contributed by atoms with Gasteiger partial charge in [-0.05, 0) is 77.5 Å². The van der Waals surface area contributed by atoms with Crippen LogP contribution in [0, 0.1) is 0 Å². The van der Waals surface area contributed by atoms with E-state index in [1.807, 2.05) is 11.8 Å². The van der Waals surface area contributed by atoms with Crippen molar-refractivity contribution in [3.63, 3.8) is 0 Å². The minimum atomic E-state index is 0. The highest BCUT2D eigenvalue weighted by Gasteiger charge is 2.16. The number of guanidine groups is 1. The Bertz CT molecular complexity index is 315. The Kier molecular flexibility index (Phi) is 17.0. The first-order valence-corrected chi connectivity index (χ1v) is 10.9. The van der Waals surface area contributed by atoms with E-state index >= 15 is 0 Å². The van der Waals surface area contributed by atoms with Gasteiger partial charge in [-0.15, -0.1) is 24.0 Å². The van der Waals surface area contributed by atoms with Gasteiger partial charge in [0, 0.05) is 25.7 Å². The van der Waals surface area contributed by atoms with Gasteiger partial charge in [-0.3, -0.25) is 4.99 Å². The Morgan fingerprint density at radius 2 is 2.00 bits per heavy atom. The summed E-state index contributed by atoms with van der Waals surface area (Å²) >= 11 is 1.92. The van der Waals surface area contributed by atoms with Gasteiger partial charge in [0.2, 0.25) is 0 Å². The maximum Gasteiger partial charge on any atom is 0.191 e. The van der Waals surface area contributed by atoms with Gasteiger partial charge in [0.15, 0.2) is 5.96 Å². The quantitative estimate of drug-likeness (QED) is 0.208. The van der Waals surface area contributed by atoms with Crippen molar-refractivity contribution in [3.05, 3.63) is 0 Å². The fraction of sp³-hybridized carbons (Fsp3) is 0.944. The molecule has 0 aromatic heterocycles. The fourth-order valence-electron chi connectivity index (χ4n) is 3.03. The van der Waals surface area contributed by atoms with Crippen molar-refractivity contribution in [2.45, 2.75) is 64.8 Å². The number of unbranched alkanes of at least 4 members (excludes halogenated alkanes) is 2. The molecule has 1 atom stereocenters. The summed E-state index contributed by atoms with van der Waals surface area (Å²) in [7, 11) is 0. The van der Waals surface area contributed by atoms with Crippen LogP contribution in [0.4, 0.5) is 0 Å². The number of hydrogen-bond acceptors (Lipinski definition) is 3. The van der Waals surface area contributed by atoms with Crippen molar-refractivity contribution in [1.29, 1.82) is 0 Å². The van der Waals surface area contributed by atoms with E-state index in [1.54, 1.807) is 0 Å². The third kappa shape index (κ3) is 11.8. The van der Waals surface area contributed by atoms with Gasteiger partial charge in [0.05, 0.1) is 0 Å². The first-order chi connectivity index (χ1) is 11.3. The molecule has 24 heavy (non-hydrogen) atoms. The van der Waals surface area contributed by atoms with Gasteiger partial charge < -0.3 is 15.5 Å². The number of nitrogens with zero attached hydrogens (tertiary/aromatic N) is 2. The van der Waals surface area contributed by atoms with Crippen molar-refractivity contribution in [3.8, 4) is 0 Å². The highest BCUT2D eigenvalue weighted by Crippen LogP contribution is 2.16. The molecule has 144 valence electrons. The molecular formula is C18H39IN4S. The molecule has 0 amide bonds. The summed E-state index contributed by atoms with van der Waals surface area (Å²) in [5.41, 5.74) is 0. The molecule has 1 saturated heterocycles. The topological polar surface area (TPSA) is 39.7 Å². The minimum absolute atomic E-state index is 0. The summed E-state index contributed by atoms with van der Waals surface area (Å²) in [5, 5.41) is 6.79. The molecule has 1 unspecified atom stereocenters. The highest BCUT2D eigenvalue weighted by molar-refractivity contribution is 14.0. The Hall–Kier alpha value is 0.310. The number of halogens is 1. The summed E-state index contributed by atoms with van der Waals surface area (Å²) in [5.74, 6) is 2.24. The van der Waals surface area contributed by atoms with Gasteiger partial charge in [0.1, 0.15) is 0 Å². The Balaban J connectivity index is 0.00000529. The maximum absolute atomic E-state index is 4.70. The molecule has 2 N–H and O–H groups in total. The van der Waals surface area contributed by atoms with Crippen LogP contribution in [-0.4, -0.2) is 61.6 Å². The average molecular weight is 471 g/mol. The molecule has 1 aliphatic heterocycles. The zero-order chi connectivity index (χ0) is 16.8. The number of piperidine rings is 1. The average Bonchev–Trinajstić information content (AvgIpc) is 2.55. The number of aliphatic imine (C=N–C) groups is 1. The zero-order valence-electron chi connectivity index (χ0n) is 16.0. The van der Waals surface area contributed by atoms with Gasteiger partial charge in [0.25, 0.3) is 0 Å². The molecule has 1 aliphatic rings. The van der Waals surface area contributed by atoms with E-state index in [0.717, 1.165) is 31.6 Å². The SMILES string of the molecule is CCNC(=NCCCCN1CCCCC1C)NCCCCSC.I. The first kappa shape index (κ1) is 24.3. The second-order valence-electron chi connectivity index (χ2n) is 6.48. The predicted molar refractivity (Wildman–Crippen MR) is 121 cm³/mol. The lowest BCUT2D eigenvalue weighted by atomic mass is 10.0. The standard InChI is InChI=1S/C18H38N4S.HI/c1-4-19-18(21-13-7-10-16-23-3)20-12-6-9-15-22-14-8-5-11-17(22)2;/h17H,4-16H2,1-3H3,(H2,19,20,21);1H. The Morgan fingerprint density at radius 3 is 2.71 bits per heavy atom. The molecule has 0 saturated carbocycles. The molecule has 0 bridgehead atoms. The molecular weight excluding hydrogens is 431 g/mol. The summed E-state index contributed by atoms with van der Waals surface area (Å²) in [6, 6.07) is 0.785. The van der Waals surface area contributed by atoms with Crippen LogP contribution in [-0.2, 0) is 0 Å². The Labute approximate surface area is 171 Å². The number of nitrogens with one attached hydrogen (secondary N) is 2. The molecule has 0 aromatic rings. The van der Waals surface area contributed by atoms with Gasteiger partial charge in [-0.25, -0.2) is 0 Å². The number of likely N-dealkylation sites (tertiary alicyclic amines) is 1. The zero-order valence-corrected chi connectivity index (χ0v) is 19.1. The van der Waals surface area contributed by atoms with Crippen LogP contribution in [0.5, 0.6) is 0 Å². The summed E-state index contributed by atoms with van der Waals surface area (Å²) in [4.78, 5) is 7.36. The van der Waals surface area contributed by atoms with Crippen LogP contribution < -0.4 is 10.6 Å². The van der Waals surface area contributed by atoms with E-state index in [0.29, 0.717) is 0 Å². The second kappa shape index (κ2) is 16.8. The lowest BCUT2D eigenvalue weighted by molar-refractivity contribution is 0.158. The third-order valence-electron chi connectivity index (χ3n) is 4.48. The van der Waals surface area contributed by atoms with Gasteiger partial charge in [-0.2, -0.15) is 11.8 Å². The minimum Gasteiger partial charge on any atom is -0.357 e. The van der Waals surface area contributed by atoms with E-state index in [4.69, 9.17) is 4.99 Å². The molecule has 1 heterocycles. The van der Waals surface area contributed by atoms with Crippen molar-refractivity contribution < 1.29 is 0 Å². The monoisotopic (exact) mass is 470 g/mol. The molecule has 1 rings (SSSR count). The fourth-order valence-corrected chi connectivity index (χ4v) is 3.52. The lowest BCUT2D eigenvalue weighted by Crippen LogP contribution is -2.38. The van der Waals surface area contributed by atoms with E-state index in [9.17, 15) is 0 Å². The van der Waals surface area contributed by atoms with Gasteiger partial charge in [-0.1, -0.05) is 6.42 Å². The van der Waals surface area contributed by atoms with Crippen LogP contribution in [0.2, 0.25) is 0 Å². The van der Waals surface area contributed by atoms with Gasteiger partial charge >= 0.3 is 0 Å². The number of hydrogen-bond donors (Lipinski definition) is 2. The number of rotatable bonds is 11. The molecule has 6 heteroatoms. The molecule has 1 fully saturated rings. The van der Waals surface area contributed by atoms with E-state index in [1.165, 1.54) is 63.8 Å². The van der Waals surface area contributed by atoms with Crippen molar-refractivity contribution in [1.82, 2.24) is 15.5 Å².